The number of rotatable bonds is 6. The maximum absolute atomic E-state index is 12.6. The number of halogens is 14. The molecule has 0 spiro atoms. The average molecular weight is 398 g/mol. The summed E-state index contributed by atoms with van der Waals surface area (Å²) in [6.45, 7) is 0. The maximum atomic E-state index is 12.6. The van der Waals surface area contributed by atoms with Crippen molar-refractivity contribution in [1.82, 2.24) is 0 Å². The van der Waals surface area contributed by atoms with Crippen molar-refractivity contribution in [1.29, 1.82) is 0 Å². The van der Waals surface area contributed by atoms with E-state index in [4.69, 9.17) is 0 Å². The molecule has 0 saturated heterocycles. The van der Waals surface area contributed by atoms with Gasteiger partial charge in [0.2, 0.25) is 0 Å². The fourth-order valence-electron chi connectivity index (χ4n) is 0.700. The minimum atomic E-state index is -6.97. The number of ether oxygens (including phenoxy) is 2. The maximum Gasteiger partial charge on any atom is 0.483 e. The van der Waals surface area contributed by atoms with E-state index in [9.17, 15) is 66.3 Å². The second-order valence-corrected chi connectivity index (χ2v) is 3.60. The molecule has 0 aromatic heterocycles. The monoisotopic (exact) mass is 398 g/mol. The largest absolute Gasteiger partial charge is 0.483 e. The summed E-state index contributed by atoms with van der Waals surface area (Å²) < 4.78 is 171. The van der Waals surface area contributed by atoms with Gasteiger partial charge in [-0.15, -0.1) is 0 Å². The van der Waals surface area contributed by atoms with Crippen LogP contribution in [0.15, 0.2) is 0 Å². The highest BCUT2D eigenvalue weighted by Gasteiger charge is 2.72. The summed E-state index contributed by atoms with van der Waals surface area (Å²) in [4.78, 5) is 10.3. The van der Waals surface area contributed by atoms with Gasteiger partial charge in [-0.1, -0.05) is 0 Å². The van der Waals surface area contributed by atoms with Crippen molar-refractivity contribution in [3.8, 4) is 0 Å². The van der Waals surface area contributed by atoms with Gasteiger partial charge in [0.1, 0.15) is 0 Å². The van der Waals surface area contributed by atoms with Crippen LogP contribution in [0.3, 0.4) is 0 Å². The number of Topliss-reactive ketones (excluding diaryl/α,β-unsaturated/α-hetero) is 1. The Morgan fingerprint density at radius 3 is 0.875 bits per heavy atom. The molecule has 0 N–H and O–H groups in total. The number of carbonyl (C=O) groups is 1. The minimum absolute atomic E-state index is 1.51. The van der Waals surface area contributed by atoms with Crippen molar-refractivity contribution in [3.63, 3.8) is 0 Å². The van der Waals surface area contributed by atoms with E-state index in [0.29, 0.717) is 0 Å². The molecule has 0 bridgehead atoms. The average Bonchev–Trinajstić information content (AvgIpc) is 2.21. The summed E-state index contributed by atoms with van der Waals surface area (Å²) in [7, 11) is 0. The van der Waals surface area contributed by atoms with E-state index in [1.807, 2.05) is 0 Å². The number of hydrogen-bond acceptors (Lipinski definition) is 3. The smallest absolute Gasteiger partial charge is 0.280 e. The minimum Gasteiger partial charge on any atom is -0.280 e. The quantitative estimate of drug-likeness (QED) is 0.633. The molecule has 0 amide bonds. The van der Waals surface area contributed by atoms with Crippen molar-refractivity contribution < 1.29 is 75.7 Å². The first-order valence-corrected chi connectivity index (χ1v) is 4.67. The van der Waals surface area contributed by atoms with Crippen LogP contribution in [0.25, 0.3) is 0 Å². The van der Waals surface area contributed by atoms with Crippen LogP contribution in [0.2, 0.25) is 0 Å². The van der Waals surface area contributed by atoms with Crippen molar-refractivity contribution in [3.05, 3.63) is 0 Å². The van der Waals surface area contributed by atoms with Crippen molar-refractivity contribution >= 4 is 5.78 Å². The number of hydrogen-bond donors (Lipinski definition) is 0. The summed E-state index contributed by atoms with van der Waals surface area (Å²) in [5, 5.41) is 0. The van der Waals surface area contributed by atoms with Gasteiger partial charge in [-0.25, -0.2) is 9.47 Å². The number of ketones is 1. The van der Waals surface area contributed by atoms with Gasteiger partial charge in [0, 0.05) is 0 Å². The molecule has 0 atom stereocenters. The first-order chi connectivity index (χ1) is 10.1. The Morgan fingerprint density at radius 2 is 0.708 bits per heavy atom. The van der Waals surface area contributed by atoms with Gasteiger partial charge in [0.05, 0.1) is 0 Å². The van der Waals surface area contributed by atoms with E-state index >= 15 is 0 Å². The Morgan fingerprint density at radius 1 is 0.500 bits per heavy atom. The molecule has 0 aliphatic heterocycles. The molecule has 0 aliphatic rings. The Hall–Kier alpha value is -1.39. The number of alkyl halides is 14. The Balaban J connectivity index is 5.51. The Kier molecular flexibility index (Phi) is 5.51. The molecule has 17 heteroatoms. The van der Waals surface area contributed by atoms with Gasteiger partial charge >= 0.3 is 42.6 Å². The molecule has 0 unspecified atom stereocenters. The van der Waals surface area contributed by atoms with E-state index in [1.54, 1.807) is 0 Å². The fourth-order valence-corrected chi connectivity index (χ4v) is 0.700. The molecule has 0 aliphatic carbocycles. The first kappa shape index (κ1) is 22.6. The molecule has 0 saturated carbocycles. The molecular formula is C7F14O3. The van der Waals surface area contributed by atoms with E-state index in [2.05, 4.69) is 0 Å². The summed E-state index contributed by atoms with van der Waals surface area (Å²) in [5.41, 5.74) is 0. The number of carbonyl (C=O) groups excluding carboxylic acids is 1. The Bertz CT molecular complexity index is 432. The fraction of sp³-hybridized carbons (Fsp3) is 0.857. The van der Waals surface area contributed by atoms with Crippen molar-refractivity contribution in [2.75, 3.05) is 0 Å². The summed E-state index contributed by atoms with van der Waals surface area (Å²) in [6.07, 6.45) is -41.5. The lowest BCUT2D eigenvalue weighted by atomic mass is 10.3. The third kappa shape index (κ3) is 4.81. The van der Waals surface area contributed by atoms with E-state index < -0.39 is 42.6 Å². The van der Waals surface area contributed by atoms with Crippen LogP contribution >= 0.6 is 0 Å². The highest BCUT2D eigenvalue weighted by atomic mass is 19.4. The topological polar surface area (TPSA) is 35.5 Å². The molecule has 3 nitrogen and oxygen atoms in total. The molecule has 0 aromatic carbocycles. The lowest BCUT2D eigenvalue weighted by molar-refractivity contribution is -0.464. The molecule has 24 heavy (non-hydrogen) atoms. The van der Waals surface area contributed by atoms with Crippen LogP contribution in [-0.2, 0) is 14.3 Å². The van der Waals surface area contributed by atoms with Gasteiger partial charge in [-0.3, -0.25) is 4.79 Å². The van der Waals surface area contributed by atoms with Crippen LogP contribution in [-0.4, -0.2) is 42.6 Å². The van der Waals surface area contributed by atoms with Gasteiger partial charge in [0.15, 0.2) is 0 Å². The van der Waals surface area contributed by atoms with Crippen LogP contribution in [0.5, 0.6) is 0 Å². The molecule has 0 heterocycles. The molecule has 0 radical (unpaired) electrons. The van der Waals surface area contributed by atoms with Crippen molar-refractivity contribution in [2.24, 2.45) is 0 Å². The third-order valence-corrected chi connectivity index (χ3v) is 1.70. The lowest BCUT2D eigenvalue weighted by Crippen LogP contribution is -2.55. The van der Waals surface area contributed by atoms with Gasteiger partial charge in [0.25, 0.3) is 0 Å². The second-order valence-electron chi connectivity index (χ2n) is 3.60. The molecule has 144 valence electrons. The zero-order chi connectivity index (χ0) is 20.0. The van der Waals surface area contributed by atoms with Crippen LogP contribution < -0.4 is 0 Å². The molecule has 0 aromatic rings. The molecular weight excluding hydrogens is 398 g/mol. The van der Waals surface area contributed by atoms with Gasteiger partial charge in [-0.2, -0.15) is 61.5 Å². The Labute approximate surface area is 120 Å². The molecule has 0 rings (SSSR count). The van der Waals surface area contributed by atoms with Crippen molar-refractivity contribution in [2.45, 2.75) is 36.8 Å². The second kappa shape index (κ2) is 5.85. The van der Waals surface area contributed by atoms with Gasteiger partial charge in [-0.05, 0) is 0 Å². The predicted octanol–water partition coefficient (Wildman–Crippen LogP) is 4.08. The lowest BCUT2D eigenvalue weighted by Gasteiger charge is -2.28. The van der Waals surface area contributed by atoms with E-state index in [0.717, 1.165) is 0 Å². The highest BCUT2D eigenvalue weighted by molar-refractivity contribution is 5.89. The summed E-state index contributed by atoms with van der Waals surface area (Å²) in [6, 6.07) is 0. The normalized spacial score (nSPS) is 15.6. The van der Waals surface area contributed by atoms with Crippen LogP contribution in [0.4, 0.5) is 61.5 Å². The standard InChI is InChI=1S/C7F14O3/c8-2(9,23-6(18,19)4(12,13)14)1(22)3(10,11)24-7(20,21)5(15,16)17. The summed E-state index contributed by atoms with van der Waals surface area (Å²) in [5.74, 6) is -4.66. The zero-order valence-corrected chi connectivity index (χ0v) is 10.0. The van der Waals surface area contributed by atoms with E-state index in [-0.39, 0.29) is 0 Å². The molecule has 0 fully saturated rings. The SMILES string of the molecule is O=C(C(F)(F)OC(F)(F)C(F)(F)F)C(F)(F)OC(F)(F)C(F)(F)F. The third-order valence-electron chi connectivity index (χ3n) is 1.70. The van der Waals surface area contributed by atoms with Crippen LogP contribution in [0.1, 0.15) is 0 Å². The van der Waals surface area contributed by atoms with Gasteiger partial charge < -0.3 is 0 Å². The summed E-state index contributed by atoms with van der Waals surface area (Å²) >= 11 is 0. The first-order valence-electron chi connectivity index (χ1n) is 4.67. The van der Waals surface area contributed by atoms with Crippen LogP contribution in [0, 0.1) is 0 Å². The predicted molar refractivity (Wildman–Crippen MR) is 39.1 cm³/mol. The highest BCUT2D eigenvalue weighted by Crippen LogP contribution is 2.45. The van der Waals surface area contributed by atoms with E-state index in [1.165, 1.54) is 9.47 Å². The zero-order valence-electron chi connectivity index (χ0n) is 10.0.